The standard InChI is InChI=1S/C36H39FN6O3/c1-5-46-35(45)26-9-14-30(15-10-26)41-18-16-24(23-41)17-19-42-32-20-29(13-8-27(32)21-38-42)40-34(44)31-22-39-43(36(2,3)4)33(31)25-6-11-28(37)12-7-25/h6-15,20-22,24H,5,16-19,23H2,1-4H3,(H,40,44). The van der Waals surface area contributed by atoms with E-state index in [1.165, 1.54) is 12.1 Å². The smallest absolute Gasteiger partial charge is 0.338 e. The highest BCUT2D eigenvalue weighted by molar-refractivity contribution is 6.08. The average molecular weight is 623 g/mol. The largest absolute Gasteiger partial charge is 0.462 e. The maximum absolute atomic E-state index is 13.7. The number of nitrogens with zero attached hydrogens (tertiary/aromatic N) is 5. The second kappa shape index (κ2) is 12.8. The third-order valence-electron chi connectivity index (χ3n) is 8.45. The van der Waals surface area contributed by atoms with Gasteiger partial charge in [-0.25, -0.2) is 9.18 Å². The maximum atomic E-state index is 13.7. The SMILES string of the molecule is CCOC(=O)c1ccc(N2CCC(CCn3ncc4ccc(NC(=O)c5cnn(C(C)(C)C)c5-c5ccc(F)cc5)cc43)C2)cc1. The molecule has 1 aliphatic rings. The van der Waals surface area contributed by atoms with E-state index in [4.69, 9.17) is 4.74 Å². The Bertz CT molecular complexity index is 1850. The van der Waals surface area contributed by atoms with Gasteiger partial charge in [-0.1, -0.05) is 0 Å². The van der Waals surface area contributed by atoms with E-state index in [2.05, 4.69) is 20.4 Å². The summed E-state index contributed by atoms with van der Waals surface area (Å²) in [5.74, 6) is -0.416. The second-order valence-corrected chi connectivity index (χ2v) is 12.7. The summed E-state index contributed by atoms with van der Waals surface area (Å²) in [4.78, 5) is 28.0. The van der Waals surface area contributed by atoms with Crippen LogP contribution in [0.25, 0.3) is 22.2 Å². The monoisotopic (exact) mass is 622 g/mol. The van der Waals surface area contributed by atoms with E-state index in [0.29, 0.717) is 40.6 Å². The number of aromatic nitrogens is 4. The summed E-state index contributed by atoms with van der Waals surface area (Å²) < 4.78 is 22.6. The van der Waals surface area contributed by atoms with Crippen molar-refractivity contribution in [3.8, 4) is 11.3 Å². The number of anilines is 2. The number of esters is 1. The Balaban J connectivity index is 1.13. The van der Waals surface area contributed by atoms with Gasteiger partial charge in [-0.3, -0.25) is 14.2 Å². The molecule has 0 saturated carbocycles. The lowest BCUT2D eigenvalue weighted by atomic mass is 10.0. The molecule has 10 heteroatoms. The van der Waals surface area contributed by atoms with Crippen LogP contribution in [0.4, 0.5) is 15.8 Å². The van der Waals surface area contributed by atoms with Crippen molar-refractivity contribution in [3.05, 3.63) is 96.1 Å². The molecular weight excluding hydrogens is 583 g/mol. The summed E-state index contributed by atoms with van der Waals surface area (Å²) in [6, 6.07) is 19.5. The van der Waals surface area contributed by atoms with Crippen LogP contribution in [0, 0.1) is 11.7 Å². The van der Waals surface area contributed by atoms with Gasteiger partial charge in [0.1, 0.15) is 5.82 Å². The molecule has 0 spiro atoms. The van der Waals surface area contributed by atoms with Crippen LogP contribution in [0.1, 0.15) is 61.3 Å². The number of ether oxygens (including phenoxy) is 1. The van der Waals surface area contributed by atoms with Crippen LogP contribution in [0.15, 0.2) is 79.1 Å². The number of hydrogen-bond donors (Lipinski definition) is 1. The Labute approximate surface area is 268 Å². The number of benzene rings is 3. The minimum Gasteiger partial charge on any atom is -0.462 e. The van der Waals surface area contributed by atoms with Gasteiger partial charge >= 0.3 is 5.97 Å². The lowest BCUT2D eigenvalue weighted by Crippen LogP contribution is -2.24. The minimum atomic E-state index is -0.390. The number of fused-ring (bicyclic) bond motifs is 1. The van der Waals surface area contributed by atoms with Crippen molar-refractivity contribution in [2.45, 2.75) is 52.6 Å². The van der Waals surface area contributed by atoms with Crippen molar-refractivity contribution in [3.63, 3.8) is 0 Å². The lowest BCUT2D eigenvalue weighted by Gasteiger charge is -2.23. The summed E-state index contributed by atoms with van der Waals surface area (Å²) in [5, 5.41) is 13.2. The first-order valence-corrected chi connectivity index (χ1v) is 15.7. The number of rotatable bonds is 9. The number of carbonyl (C=O) groups excluding carboxylic acids is 2. The van der Waals surface area contributed by atoms with E-state index in [0.717, 1.165) is 49.1 Å². The zero-order valence-corrected chi connectivity index (χ0v) is 26.7. The fourth-order valence-corrected chi connectivity index (χ4v) is 6.06. The molecular formula is C36H39FN6O3. The van der Waals surface area contributed by atoms with Gasteiger partial charge < -0.3 is 15.0 Å². The molecule has 1 N–H and O–H groups in total. The molecule has 1 atom stereocenters. The number of aryl methyl sites for hydroxylation is 1. The molecule has 0 bridgehead atoms. The van der Waals surface area contributed by atoms with Crippen molar-refractivity contribution >= 4 is 34.2 Å². The Kier molecular flexibility index (Phi) is 8.62. The Hall–Kier alpha value is -4.99. The molecule has 3 heterocycles. The van der Waals surface area contributed by atoms with Crippen LogP contribution >= 0.6 is 0 Å². The number of hydrogen-bond acceptors (Lipinski definition) is 6. The number of amides is 1. The van der Waals surface area contributed by atoms with Gasteiger partial charge in [-0.15, -0.1) is 0 Å². The van der Waals surface area contributed by atoms with Gasteiger partial charge in [-0.05, 0) is 113 Å². The molecule has 3 aromatic carbocycles. The highest BCUT2D eigenvalue weighted by Crippen LogP contribution is 2.31. The topological polar surface area (TPSA) is 94.3 Å². The van der Waals surface area contributed by atoms with Crippen LogP contribution in [0.3, 0.4) is 0 Å². The molecule has 46 heavy (non-hydrogen) atoms. The second-order valence-electron chi connectivity index (χ2n) is 12.7. The zero-order chi connectivity index (χ0) is 32.4. The van der Waals surface area contributed by atoms with Gasteiger partial charge in [0.2, 0.25) is 0 Å². The first-order chi connectivity index (χ1) is 22.1. The van der Waals surface area contributed by atoms with E-state index in [9.17, 15) is 14.0 Å². The zero-order valence-electron chi connectivity index (χ0n) is 26.7. The molecule has 1 aliphatic heterocycles. The molecule has 0 aliphatic carbocycles. The van der Waals surface area contributed by atoms with E-state index in [1.54, 1.807) is 29.9 Å². The van der Waals surface area contributed by atoms with Crippen LogP contribution in [-0.2, 0) is 16.8 Å². The molecule has 1 saturated heterocycles. The van der Waals surface area contributed by atoms with Crippen molar-refractivity contribution in [2.24, 2.45) is 5.92 Å². The number of halogens is 1. The van der Waals surface area contributed by atoms with Crippen LogP contribution in [0.5, 0.6) is 0 Å². The van der Waals surface area contributed by atoms with Gasteiger partial charge in [0.05, 0.1) is 46.9 Å². The maximum Gasteiger partial charge on any atom is 0.338 e. The molecule has 238 valence electrons. The summed E-state index contributed by atoms with van der Waals surface area (Å²) in [5.41, 5.74) is 4.66. The van der Waals surface area contributed by atoms with E-state index in [-0.39, 0.29) is 17.7 Å². The van der Waals surface area contributed by atoms with Crippen molar-refractivity contribution in [2.75, 3.05) is 29.9 Å². The van der Waals surface area contributed by atoms with Gasteiger partial charge in [0, 0.05) is 42.0 Å². The first kappa shape index (κ1) is 31.0. The predicted octanol–water partition coefficient (Wildman–Crippen LogP) is 7.14. The van der Waals surface area contributed by atoms with Crippen LogP contribution < -0.4 is 10.2 Å². The summed E-state index contributed by atoms with van der Waals surface area (Å²) in [7, 11) is 0. The van der Waals surface area contributed by atoms with E-state index >= 15 is 0 Å². The van der Waals surface area contributed by atoms with Gasteiger partial charge in [-0.2, -0.15) is 10.2 Å². The van der Waals surface area contributed by atoms with E-state index in [1.807, 2.05) is 74.1 Å². The van der Waals surface area contributed by atoms with Gasteiger partial charge in [0.25, 0.3) is 5.91 Å². The third kappa shape index (κ3) is 6.51. The fourth-order valence-electron chi connectivity index (χ4n) is 6.06. The molecule has 1 unspecified atom stereocenters. The normalized spacial score (nSPS) is 15.0. The van der Waals surface area contributed by atoms with Crippen LogP contribution in [0.2, 0.25) is 0 Å². The van der Waals surface area contributed by atoms with Crippen molar-refractivity contribution in [1.82, 2.24) is 19.6 Å². The first-order valence-electron chi connectivity index (χ1n) is 15.7. The quantitative estimate of drug-likeness (QED) is 0.176. The number of nitrogens with one attached hydrogen (secondary N) is 1. The molecule has 6 rings (SSSR count). The molecule has 0 radical (unpaired) electrons. The Morgan fingerprint density at radius 1 is 1.00 bits per heavy atom. The molecule has 9 nitrogen and oxygen atoms in total. The summed E-state index contributed by atoms with van der Waals surface area (Å²) >= 11 is 0. The van der Waals surface area contributed by atoms with E-state index < -0.39 is 5.54 Å². The Morgan fingerprint density at radius 3 is 2.48 bits per heavy atom. The summed E-state index contributed by atoms with van der Waals surface area (Å²) in [6.45, 7) is 10.9. The van der Waals surface area contributed by atoms with Gasteiger partial charge in [0.15, 0.2) is 0 Å². The third-order valence-corrected chi connectivity index (χ3v) is 8.45. The highest BCUT2D eigenvalue weighted by Gasteiger charge is 2.26. The predicted molar refractivity (Wildman–Crippen MR) is 178 cm³/mol. The van der Waals surface area contributed by atoms with Crippen molar-refractivity contribution < 1.29 is 18.7 Å². The van der Waals surface area contributed by atoms with Crippen LogP contribution in [-0.4, -0.2) is 51.1 Å². The fraction of sp³-hybridized carbons (Fsp3) is 0.333. The molecule has 5 aromatic rings. The van der Waals surface area contributed by atoms with Crippen molar-refractivity contribution in [1.29, 1.82) is 0 Å². The highest BCUT2D eigenvalue weighted by atomic mass is 19.1. The summed E-state index contributed by atoms with van der Waals surface area (Å²) in [6.07, 6.45) is 5.48. The molecule has 1 amide bonds. The molecule has 1 fully saturated rings. The Morgan fingerprint density at radius 2 is 1.76 bits per heavy atom. The molecule has 2 aromatic heterocycles. The lowest BCUT2D eigenvalue weighted by molar-refractivity contribution is 0.0526. The number of carbonyl (C=O) groups is 2. The average Bonchev–Trinajstić information content (AvgIpc) is 3.79. The minimum absolute atomic E-state index is 0.290.